The third kappa shape index (κ3) is 3.04. The minimum Gasteiger partial charge on any atom is -0.371 e. The molecule has 1 aromatic carbocycles. The topological polar surface area (TPSA) is 27.0 Å². The Hall–Kier alpha value is -1.49. The molecule has 0 bridgehead atoms. The largest absolute Gasteiger partial charge is 0.371 e. The predicted octanol–water partition coefficient (Wildman–Crippen LogP) is 3.82. The molecule has 0 amide bonds. The molecule has 1 aliphatic rings. The van der Waals surface area contributed by atoms with Gasteiger partial charge >= 0.3 is 0 Å². The van der Waals surface area contributed by atoms with Gasteiger partial charge in [0.25, 0.3) is 0 Å². The maximum Gasteiger partial charge on any atom is 0.0992 e. The Balaban J connectivity index is 2.07. The van der Waals surface area contributed by atoms with E-state index in [9.17, 15) is 0 Å². The molecule has 0 aliphatic carbocycles. The van der Waals surface area contributed by atoms with Crippen LogP contribution in [0.4, 0.5) is 5.69 Å². The van der Waals surface area contributed by atoms with Crippen LogP contribution in [0, 0.1) is 23.2 Å². The molecule has 0 saturated carbocycles. The fraction of sp³-hybridized carbons (Fsp3) is 0.562. The molecule has 2 heteroatoms. The Labute approximate surface area is 110 Å². The van der Waals surface area contributed by atoms with Gasteiger partial charge in [-0.3, -0.25) is 0 Å². The van der Waals surface area contributed by atoms with Crippen LogP contribution in [0.5, 0.6) is 0 Å². The maximum absolute atomic E-state index is 8.96. The average Bonchev–Trinajstić information content (AvgIpc) is 2.64. The lowest BCUT2D eigenvalue weighted by Gasteiger charge is -2.23. The molecule has 0 spiro atoms. The summed E-state index contributed by atoms with van der Waals surface area (Å²) < 4.78 is 0. The highest BCUT2D eigenvalue weighted by molar-refractivity contribution is 5.51. The first-order valence-electron chi connectivity index (χ1n) is 6.96. The molecule has 96 valence electrons. The summed E-state index contributed by atoms with van der Waals surface area (Å²) in [7, 11) is 0. The summed E-state index contributed by atoms with van der Waals surface area (Å²) in [5, 5.41) is 8.96. The Kier molecular flexibility index (Phi) is 4.25. The van der Waals surface area contributed by atoms with E-state index >= 15 is 0 Å². The summed E-state index contributed by atoms with van der Waals surface area (Å²) in [5.41, 5.74) is 1.97. The normalized spacial score (nSPS) is 20.6. The second-order valence-electron chi connectivity index (χ2n) is 5.58. The van der Waals surface area contributed by atoms with Crippen molar-refractivity contribution in [3.05, 3.63) is 29.8 Å². The van der Waals surface area contributed by atoms with Gasteiger partial charge in [-0.05, 0) is 49.3 Å². The van der Waals surface area contributed by atoms with Crippen molar-refractivity contribution in [2.45, 2.75) is 33.1 Å². The van der Waals surface area contributed by atoms with Crippen LogP contribution in [0.2, 0.25) is 0 Å². The van der Waals surface area contributed by atoms with Crippen LogP contribution in [-0.4, -0.2) is 13.1 Å². The minimum absolute atomic E-state index is 0.761. The molecule has 2 rings (SSSR count). The van der Waals surface area contributed by atoms with Gasteiger partial charge in [0.15, 0.2) is 0 Å². The van der Waals surface area contributed by atoms with E-state index in [4.69, 9.17) is 5.26 Å². The first-order valence-corrected chi connectivity index (χ1v) is 6.96. The molecule has 1 atom stereocenters. The molecule has 1 saturated heterocycles. The number of nitrogens with zero attached hydrogens (tertiary/aromatic N) is 2. The summed E-state index contributed by atoms with van der Waals surface area (Å²) in [4.78, 5) is 2.43. The van der Waals surface area contributed by atoms with Gasteiger partial charge < -0.3 is 4.90 Å². The van der Waals surface area contributed by atoms with E-state index in [2.05, 4.69) is 30.9 Å². The molecular formula is C16H22N2. The highest BCUT2D eigenvalue weighted by atomic mass is 15.1. The molecule has 18 heavy (non-hydrogen) atoms. The second-order valence-corrected chi connectivity index (χ2v) is 5.58. The van der Waals surface area contributed by atoms with Crippen molar-refractivity contribution in [1.29, 1.82) is 5.26 Å². The summed E-state index contributed by atoms with van der Waals surface area (Å²) in [6.07, 6.45) is 3.88. The molecule has 1 aliphatic heterocycles. The van der Waals surface area contributed by atoms with E-state index < -0.39 is 0 Å². The molecule has 1 heterocycles. The molecule has 1 aromatic rings. The van der Waals surface area contributed by atoms with Gasteiger partial charge in [0.1, 0.15) is 0 Å². The molecular weight excluding hydrogens is 220 g/mol. The quantitative estimate of drug-likeness (QED) is 0.788. The van der Waals surface area contributed by atoms with Crippen molar-refractivity contribution in [3.63, 3.8) is 0 Å². The highest BCUT2D eigenvalue weighted by Crippen LogP contribution is 2.27. The molecule has 2 nitrogen and oxygen atoms in total. The molecule has 0 N–H and O–H groups in total. The van der Waals surface area contributed by atoms with Gasteiger partial charge in [0.05, 0.1) is 11.6 Å². The van der Waals surface area contributed by atoms with E-state index in [0.29, 0.717) is 0 Å². The zero-order valence-corrected chi connectivity index (χ0v) is 11.4. The lowest BCUT2D eigenvalue weighted by atomic mass is 9.89. The number of hydrogen-bond acceptors (Lipinski definition) is 2. The van der Waals surface area contributed by atoms with E-state index in [-0.39, 0.29) is 0 Å². The van der Waals surface area contributed by atoms with Gasteiger partial charge in [-0.2, -0.15) is 5.26 Å². The third-order valence-electron chi connectivity index (χ3n) is 4.06. The lowest BCUT2D eigenvalue weighted by molar-refractivity contribution is 0.351. The molecule has 1 fully saturated rings. The van der Waals surface area contributed by atoms with Crippen LogP contribution in [0.3, 0.4) is 0 Å². The Bertz CT molecular complexity index is 431. The number of rotatable bonds is 2. The zero-order chi connectivity index (χ0) is 13.0. The molecule has 0 aromatic heterocycles. The highest BCUT2D eigenvalue weighted by Gasteiger charge is 2.19. The van der Waals surface area contributed by atoms with Crippen LogP contribution in [-0.2, 0) is 0 Å². The van der Waals surface area contributed by atoms with Gasteiger partial charge in [0, 0.05) is 18.8 Å². The monoisotopic (exact) mass is 242 g/mol. The summed E-state index contributed by atoms with van der Waals surface area (Å²) >= 11 is 0. The van der Waals surface area contributed by atoms with Crippen LogP contribution in [0.15, 0.2) is 24.3 Å². The number of hydrogen-bond donors (Lipinski definition) is 0. The second kappa shape index (κ2) is 5.91. The summed E-state index contributed by atoms with van der Waals surface area (Å²) in [6, 6.07) is 10.2. The van der Waals surface area contributed by atoms with Crippen molar-refractivity contribution in [2.24, 2.45) is 11.8 Å². The average molecular weight is 242 g/mol. The van der Waals surface area contributed by atoms with Crippen LogP contribution in [0.1, 0.15) is 38.7 Å². The van der Waals surface area contributed by atoms with E-state index in [0.717, 1.165) is 30.5 Å². The van der Waals surface area contributed by atoms with Crippen molar-refractivity contribution in [3.8, 4) is 6.07 Å². The number of anilines is 1. The van der Waals surface area contributed by atoms with Crippen LogP contribution < -0.4 is 4.90 Å². The maximum atomic E-state index is 8.96. The number of nitriles is 1. The third-order valence-corrected chi connectivity index (χ3v) is 4.06. The van der Waals surface area contributed by atoms with Gasteiger partial charge in [-0.1, -0.05) is 19.9 Å². The van der Waals surface area contributed by atoms with E-state index in [1.54, 1.807) is 0 Å². The fourth-order valence-electron chi connectivity index (χ4n) is 2.82. The summed E-state index contributed by atoms with van der Waals surface area (Å²) in [5.74, 6) is 1.64. The van der Waals surface area contributed by atoms with Crippen LogP contribution >= 0.6 is 0 Å². The van der Waals surface area contributed by atoms with E-state index in [1.807, 2.05) is 18.2 Å². The SMILES string of the molecule is CC(C)C1CCCN(c2cccc(C#N)c2)CC1. The molecule has 0 radical (unpaired) electrons. The Morgan fingerprint density at radius 3 is 2.83 bits per heavy atom. The van der Waals surface area contributed by atoms with Crippen molar-refractivity contribution in [1.82, 2.24) is 0 Å². The van der Waals surface area contributed by atoms with Crippen molar-refractivity contribution < 1.29 is 0 Å². The van der Waals surface area contributed by atoms with Crippen LogP contribution in [0.25, 0.3) is 0 Å². The molecule has 1 unspecified atom stereocenters. The minimum atomic E-state index is 0.761. The van der Waals surface area contributed by atoms with Gasteiger partial charge in [-0.15, -0.1) is 0 Å². The standard InChI is InChI=1S/C16H22N2/c1-13(2)15-6-4-9-18(10-8-15)16-7-3-5-14(11-16)12-17/h3,5,7,11,13,15H,4,6,8-10H2,1-2H3. The van der Waals surface area contributed by atoms with Gasteiger partial charge in [0.2, 0.25) is 0 Å². The Morgan fingerprint density at radius 1 is 1.28 bits per heavy atom. The first kappa shape index (κ1) is 13.0. The van der Waals surface area contributed by atoms with Crippen molar-refractivity contribution in [2.75, 3.05) is 18.0 Å². The van der Waals surface area contributed by atoms with E-state index in [1.165, 1.54) is 24.9 Å². The van der Waals surface area contributed by atoms with Gasteiger partial charge in [-0.25, -0.2) is 0 Å². The number of benzene rings is 1. The zero-order valence-electron chi connectivity index (χ0n) is 11.4. The fourth-order valence-corrected chi connectivity index (χ4v) is 2.82. The summed E-state index contributed by atoms with van der Waals surface area (Å²) in [6.45, 7) is 6.91. The predicted molar refractivity (Wildman–Crippen MR) is 75.5 cm³/mol. The van der Waals surface area contributed by atoms with Crippen molar-refractivity contribution >= 4 is 5.69 Å². The smallest absolute Gasteiger partial charge is 0.0992 e. The Morgan fingerprint density at radius 2 is 2.11 bits per heavy atom. The first-order chi connectivity index (χ1) is 8.70. The lowest BCUT2D eigenvalue weighted by Crippen LogP contribution is -2.24.